The predicted molar refractivity (Wildman–Crippen MR) is 187 cm³/mol. The van der Waals surface area contributed by atoms with Crippen LogP contribution in [0.25, 0.3) is 5.69 Å². The molecule has 0 saturated carbocycles. The lowest BCUT2D eigenvalue weighted by atomic mass is 9.95. The number of benzene rings is 2. The van der Waals surface area contributed by atoms with Crippen LogP contribution in [0.4, 0.5) is 17.1 Å². The first-order valence-electron chi connectivity index (χ1n) is 15.7. The van der Waals surface area contributed by atoms with Crippen molar-refractivity contribution in [2.75, 3.05) is 48.5 Å². The standard InChI is InChI=1S/C36H42N6O3S/c1-23-21-28(24(2)41(23)26-12-10-25(11-13-26)40-17-19-45-20-18-40)33-32(30-9-7-8-16-37-30)39-35(46)42(33)27-14-15-29(31(22-27)44-6)38-34(43)36(3,4)5/h7-16,21-22,32-33H,17-20H2,1-6H3,(H,38,43)(H,39,46)/t32-,33-/m0/s1. The highest BCUT2D eigenvalue weighted by atomic mass is 32.1. The van der Waals surface area contributed by atoms with Crippen molar-refractivity contribution in [1.82, 2.24) is 14.9 Å². The number of anilines is 3. The van der Waals surface area contributed by atoms with E-state index in [2.05, 4.69) is 69.2 Å². The third-order valence-electron chi connectivity index (χ3n) is 8.76. The Kier molecular flexibility index (Phi) is 8.76. The lowest BCUT2D eigenvalue weighted by Gasteiger charge is -2.29. The minimum absolute atomic E-state index is 0.0876. The number of hydrogen-bond donors (Lipinski definition) is 2. The lowest BCUT2D eigenvalue weighted by Crippen LogP contribution is -2.36. The zero-order valence-electron chi connectivity index (χ0n) is 27.3. The fourth-order valence-electron chi connectivity index (χ4n) is 6.31. The summed E-state index contributed by atoms with van der Waals surface area (Å²) in [4.78, 5) is 22.0. The number of aromatic nitrogens is 2. The number of amides is 1. The largest absolute Gasteiger partial charge is 0.494 e. The number of rotatable bonds is 7. The van der Waals surface area contributed by atoms with E-state index in [1.807, 2.05) is 63.4 Å². The first-order valence-corrected chi connectivity index (χ1v) is 16.1. The van der Waals surface area contributed by atoms with Gasteiger partial charge in [-0.3, -0.25) is 9.78 Å². The van der Waals surface area contributed by atoms with Crippen molar-refractivity contribution < 1.29 is 14.3 Å². The van der Waals surface area contributed by atoms with Gasteiger partial charge in [-0.2, -0.15) is 0 Å². The van der Waals surface area contributed by atoms with Crippen molar-refractivity contribution in [2.45, 2.75) is 46.7 Å². The van der Waals surface area contributed by atoms with Gasteiger partial charge in [-0.1, -0.05) is 26.8 Å². The average Bonchev–Trinajstić information content (AvgIpc) is 3.56. The van der Waals surface area contributed by atoms with Crippen LogP contribution in [0.2, 0.25) is 0 Å². The molecule has 4 heterocycles. The Bertz CT molecular complexity index is 1730. The molecule has 240 valence electrons. The van der Waals surface area contributed by atoms with E-state index in [0.29, 0.717) is 16.5 Å². The van der Waals surface area contributed by atoms with Gasteiger partial charge in [0, 0.05) is 59.2 Å². The third-order valence-corrected chi connectivity index (χ3v) is 9.08. The van der Waals surface area contributed by atoms with Crippen molar-refractivity contribution >= 4 is 40.3 Å². The molecule has 0 spiro atoms. The molecule has 2 aliphatic rings. The minimum Gasteiger partial charge on any atom is -0.494 e. The molecule has 0 unspecified atom stereocenters. The summed E-state index contributed by atoms with van der Waals surface area (Å²) in [6, 6.07) is 22.4. The molecule has 2 N–H and O–H groups in total. The minimum atomic E-state index is -0.545. The van der Waals surface area contributed by atoms with E-state index < -0.39 is 5.41 Å². The molecule has 0 bridgehead atoms. The lowest BCUT2D eigenvalue weighted by molar-refractivity contribution is -0.123. The second-order valence-electron chi connectivity index (χ2n) is 12.9. The number of thiocarbonyl (C=S) groups is 1. The predicted octanol–water partition coefficient (Wildman–Crippen LogP) is 6.50. The number of carbonyl (C=O) groups is 1. The average molecular weight is 639 g/mol. The van der Waals surface area contributed by atoms with Gasteiger partial charge < -0.3 is 34.5 Å². The number of nitrogens with one attached hydrogen (secondary N) is 2. The molecule has 9 nitrogen and oxygen atoms in total. The monoisotopic (exact) mass is 638 g/mol. The number of ether oxygens (including phenoxy) is 2. The molecule has 1 amide bonds. The molecule has 2 fully saturated rings. The van der Waals surface area contributed by atoms with Crippen molar-refractivity contribution in [3.05, 3.63) is 95.6 Å². The van der Waals surface area contributed by atoms with Crippen LogP contribution in [0.5, 0.6) is 5.75 Å². The first kappa shape index (κ1) is 31.6. The summed E-state index contributed by atoms with van der Waals surface area (Å²) in [5.41, 5.74) is 7.52. The van der Waals surface area contributed by atoms with E-state index in [-0.39, 0.29) is 18.0 Å². The SMILES string of the molecule is COc1cc(N2C(=S)N[C@@H](c3ccccn3)[C@@H]2c2cc(C)n(-c3ccc(N4CCOCC4)cc3)c2C)ccc1NC(=O)C(C)(C)C. The molecular weight excluding hydrogens is 597 g/mol. The zero-order chi connectivity index (χ0) is 32.6. The smallest absolute Gasteiger partial charge is 0.229 e. The van der Waals surface area contributed by atoms with Gasteiger partial charge in [-0.05, 0) is 86.2 Å². The molecule has 0 radical (unpaired) electrons. The summed E-state index contributed by atoms with van der Waals surface area (Å²) in [5.74, 6) is 0.471. The molecule has 2 saturated heterocycles. The van der Waals surface area contributed by atoms with Crippen LogP contribution >= 0.6 is 12.2 Å². The van der Waals surface area contributed by atoms with Crippen molar-refractivity contribution in [3.63, 3.8) is 0 Å². The van der Waals surface area contributed by atoms with Gasteiger partial charge in [0.25, 0.3) is 0 Å². The molecule has 10 heteroatoms. The first-order chi connectivity index (χ1) is 22.1. The Balaban J connectivity index is 1.40. The van der Waals surface area contributed by atoms with Gasteiger partial charge in [0.2, 0.25) is 5.91 Å². The second-order valence-corrected chi connectivity index (χ2v) is 13.2. The van der Waals surface area contributed by atoms with Crippen LogP contribution < -0.4 is 25.2 Å². The van der Waals surface area contributed by atoms with Gasteiger partial charge in [0.05, 0.1) is 43.8 Å². The normalized spacial score (nSPS) is 18.4. The summed E-state index contributed by atoms with van der Waals surface area (Å²) in [7, 11) is 1.61. The van der Waals surface area contributed by atoms with Crippen molar-refractivity contribution in [2.24, 2.45) is 5.41 Å². The molecule has 2 aromatic heterocycles. The number of methoxy groups -OCH3 is 1. The Labute approximate surface area is 276 Å². The van der Waals surface area contributed by atoms with Gasteiger partial charge in [0.15, 0.2) is 5.11 Å². The van der Waals surface area contributed by atoms with Gasteiger partial charge in [-0.15, -0.1) is 0 Å². The van der Waals surface area contributed by atoms with Crippen molar-refractivity contribution in [3.8, 4) is 11.4 Å². The molecule has 2 aliphatic heterocycles. The maximum absolute atomic E-state index is 12.8. The molecular formula is C36H42N6O3S. The van der Waals surface area contributed by atoms with Crippen LogP contribution in [-0.4, -0.2) is 54.0 Å². The molecule has 2 atom stereocenters. The number of morpholine rings is 1. The summed E-state index contributed by atoms with van der Waals surface area (Å²) in [6.07, 6.45) is 1.81. The number of hydrogen-bond acceptors (Lipinski definition) is 6. The Morgan fingerprint density at radius 3 is 2.35 bits per heavy atom. The van der Waals surface area contributed by atoms with Gasteiger partial charge in [0.1, 0.15) is 5.75 Å². The van der Waals surface area contributed by atoms with E-state index in [1.165, 1.54) is 5.69 Å². The van der Waals surface area contributed by atoms with Crippen LogP contribution in [0, 0.1) is 19.3 Å². The van der Waals surface area contributed by atoms with E-state index in [9.17, 15) is 4.79 Å². The third kappa shape index (κ3) is 6.07. The van der Waals surface area contributed by atoms with Crippen LogP contribution in [0.1, 0.15) is 55.5 Å². The molecule has 6 rings (SSSR count). The Morgan fingerprint density at radius 1 is 1.00 bits per heavy atom. The topological polar surface area (TPSA) is 83.9 Å². The number of carbonyl (C=O) groups excluding carboxylic acids is 1. The maximum atomic E-state index is 12.8. The van der Waals surface area contributed by atoms with E-state index in [0.717, 1.165) is 60.3 Å². The fourth-order valence-corrected chi connectivity index (χ4v) is 6.66. The van der Waals surface area contributed by atoms with E-state index in [4.69, 9.17) is 26.7 Å². The van der Waals surface area contributed by atoms with Gasteiger partial charge >= 0.3 is 0 Å². The molecule has 0 aliphatic carbocycles. The van der Waals surface area contributed by atoms with Crippen LogP contribution in [-0.2, 0) is 9.53 Å². The number of aryl methyl sites for hydroxylation is 1. The van der Waals surface area contributed by atoms with Crippen molar-refractivity contribution in [1.29, 1.82) is 0 Å². The van der Waals surface area contributed by atoms with Gasteiger partial charge in [-0.25, -0.2) is 0 Å². The fraction of sp³-hybridized carbons (Fsp3) is 0.361. The Morgan fingerprint density at radius 2 is 1.70 bits per heavy atom. The zero-order valence-corrected chi connectivity index (χ0v) is 28.1. The number of nitrogens with zero attached hydrogens (tertiary/aromatic N) is 4. The second kappa shape index (κ2) is 12.8. The quantitative estimate of drug-likeness (QED) is 0.222. The number of pyridine rings is 1. The summed E-state index contributed by atoms with van der Waals surface area (Å²) in [6.45, 7) is 13.3. The molecule has 4 aromatic rings. The summed E-state index contributed by atoms with van der Waals surface area (Å²) in [5, 5.41) is 7.18. The summed E-state index contributed by atoms with van der Waals surface area (Å²) >= 11 is 6.02. The highest BCUT2D eigenvalue weighted by Gasteiger charge is 2.42. The highest BCUT2D eigenvalue weighted by molar-refractivity contribution is 7.80. The van der Waals surface area contributed by atoms with E-state index >= 15 is 0 Å². The maximum Gasteiger partial charge on any atom is 0.229 e. The molecule has 46 heavy (non-hydrogen) atoms. The molecule has 2 aromatic carbocycles. The van der Waals surface area contributed by atoms with E-state index in [1.54, 1.807) is 7.11 Å². The van der Waals surface area contributed by atoms with Crippen LogP contribution in [0.3, 0.4) is 0 Å². The highest BCUT2D eigenvalue weighted by Crippen LogP contribution is 2.45. The Hall–Kier alpha value is -4.41. The van der Waals surface area contributed by atoms with Crippen LogP contribution in [0.15, 0.2) is 72.9 Å². The summed E-state index contributed by atoms with van der Waals surface area (Å²) < 4.78 is 13.6.